The van der Waals surface area contributed by atoms with E-state index in [1.807, 2.05) is 32.0 Å². The van der Waals surface area contributed by atoms with Crippen molar-refractivity contribution in [3.63, 3.8) is 0 Å². The third kappa shape index (κ3) is 5.06. The summed E-state index contributed by atoms with van der Waals surface area (Å²) in [5.74, 6) is -0.233. The first kappa shape index (κ1) is 18.5. The van der Waals surface area contributed by atoms with E-state index in [1.54, 1.807) is 12.0 Å². The number of carbonyl (C=O) groups excluding carboxylic acids is 2. The molecule has 0 radical (unpaired) electrons. The Balaban J connectivity index is 1.78. The standard InChI is InChI=1S/C19H28N2O3/c1-14(9-10-16-7-5-4-6-8-16)20-19(23)17-11-18(22)21(12-17)15(2)13-24-3/h4-8,14-15,17H,9-13H2,1-3H3,(H,20,23). The third-order valence-electron chi connectivity index (χ3n) is 4.57. The van der Waals surface area contributed by atoms with Gasteiger partial charge < -0.3 is 15.0 Å². The normalized spacial score (nSPS) is 20.0. The molecule has 5 nitrogen and oxygen atoms in total. The molecule has 1 fully saturated rings. The van der Waals surface area contributed by atoms with Crippen LogP contribution in [0.2, 0.25) is 0 Å². The number of ether oxygens (including phenoxy) is 1. The van der Waals surface area contributed by atoms with Crippen LogP contribution in [0.25, 0.3) is 0 Å². The summed E-state index contributed by atoms with van der Waals surface area (Å²) in [7, 11) is 1.62. The van der Waals surface area contributed by atoms with Gasteiger partial charge in [0.15, 0.2) is 0 Å². The lowest BCUT2D eigenvalue weighted by atomic mass is 10.0. The van der Waals surface area contributed by atoms with Crippen molar-refractivity contribution in [2.75, 3.05) is 20.3 Å². The Kier molecular flexibility index (Phi) is 6.79. The van der Waals surface area contributed by atoms with Gasteiger partial charge in [-0.15, -0.1) is 0 Å². The SMILES string of the molecule is COCC(C)N1CC(C(=O)NC(C)CCc2ccccc2)CC1=O. The number of hydrogen-bond donors (Lipinski definition) is 1. The number of carbonyl (C=O) groups is 2. The fourth-order valence-electron chi connectivity index (χ4n) is 3.13. The molecule has 0 aromatic heterocycles. The van der Waals surface area contributed by atoms with Crippen molar-refractivity contribution in [2.24, 2.45) is 5.92 Å². The first-order valence-electron chi connectivity index (χ1n) is 8.64. The molecule has 132 valence electrons. The van der Waals surface area contributed by atoms with Gasteiger partial charge in [-0.1, -0.05) is 30.3 Å². The van der Waals surface area contributed by atoms with Crippen LogP contribution in [0.4, 0.5) is 0 Å². The van der Waals surface area contributed by atoms with Crippen molar-refractivity contribution >= 4 is 11.8 Å². The molecule has 3 unspecified atom stereocenters. The summed E-state index contributed by atoms with van der Waals surface area (Å²) in [5, 5.41) is 3.06. The molecule has 1 aromatic rings. The van der Waals surface area contributed by atoms with Gasteiger partial charge in [0.05, 0.1) is 18.6 Å². The Morgan fingerprint density at radius 1 is 1.33 bits per heavy atom. The second-order valence-electron chi connectivity index (χ2n) is 6.69. The van der Waals surface area contributed by atoms with E-state index in [0.717, 1.165) is 12.8 Å². The molecule has 1 aliphatic heterocycles. The van der Waals surface area contributed by atoms with E-state index in [9.17, 15) is 9.59 Å². The number of hydrogen-bond acceptors (Lipinski definition) is 3. The zero-order chi connectivity index (χ0) is 17.5. The lowest BCUT2D eigenvalue weighted by molar-refractivity contribution is -0.130. The molecule has 5 heteroatoms. The lowest BCUT2D eigenvalue weighted by Crippen LogP contribution is -2.40. The highest BCUT2D eigenvalue weighted by Gasteiger charge is 2.36. The number of likely N-dealkylation sites (tertiary alicyclic amines) is 1. The molecule has 1 heterocycles. The summed E-state index contributed by atoms with van der Waals surface area (Å²) in [6.07, 6.45) is 2.12. The van der Waals surface area contributed by atoms with E-state index >= 15 is 0 Å². The van der Waals surface area contributed by atoms with E-state index in [0.29, 0.717) is 19.6 Å². The Hall–Kier alpha value is -1.88. The lowest BCUT2D eigenvalue weighted by Gasteiger charge is -2.24. The highest BCUT2D eigenvalue weighted by atomic mass is 16.5. The van der Waals surface area contributed by atoms with E-state index in [4.69, 9.17) is 4.74 Å². The minimum atomic E-state index is -0.254. The molecule has 1 saturated heterocycles. The van der Waals surface area contributed by atoms with E-state index in [2.05, 4.69) is 17.4 Å². The van der Waals surface area contributed by atoms with Crippen molar-refractivity contribution in [2.45, 2.75) is 45.2 Å². The summed E-state index contributed by atoms with van der Waals surface area (Å²) in [5.41, 5.74) is 1.27. The average Bonchev–Trinajstić information content (AvgIpc) is 2.96. The second-order valence-corrected chi connectivity index (χ2v) is 6.69. The van der Waals surface area contributed by atoms with Crippen molar-refractivity contribution in [1.29, 1.82) is 0 Å². The molecule has 2 amide bonds. The van der Waals surface area contributed by atoms with Crippen LogP contribution in [-0.2, 0) is 20.7 Å². The fourth-order valence-corrected chi connectivity index (χ4v) is 3.13. The maximum Gasteiger partial charge on any atom is 0.225 e. The Labute approximate surface area is 144 Å². The minimum absolute atomic E-state index is 0.0100. The monoisotopic (exact) mass is 332 g/mol. The number of benzene rings is 1. The highest BCUT2D eigenvalue weighted by Crippen LogP contribution is 2.21. The summed E-state index contributed by atoms with van der Waals surface area (Å²) >= 11 is 0. The van der Waals surface area contributed by atoms with Crippen LogP contribution in [0.15, 0.2) is 30.3 Å². The summed E-state index contributed by atoms with van der Waals surface area (Å²) < 4.78 is 5.10. The maximum absolute atomic E-state index is 12.4. The smallest absolute Gasteiger partial charge is 0.225 e. The molecule has 1 N–H and O–H groups in total. The van der Waals surface area contributed by atoms with Crippen molar-refractivity contribution in [3.8, 4) is 0 Å². The third-order valence-corrected chi connectivity index (χ3v) is 4.57. The predicted molar refractivity (Wildman–Crippen MR) is 93.5 cm³/mol. The molecule has 2 rings (SSSR count). The van der Waals surface area contributed by atoms with Crippen molar-refractivity contribution in [1.82, 2.24) is 10.2 Å². The van der Waals surface area contributed by atoms with E-state index < -0.39 is 0 Å². The van der Waals surface area contributed by atoms with E-state index in [-0.39, 0.29) is 29.8 Å². The zero-order valence-electron chi connectivity index (χ0n) is 14.8. The van der Waals surface area contributed by atoms with Gasteiger partial charge in [0.1, 0.15) is 0 Å². The molecular formula is C19H28N2O3. The molecule has 0 spiro atoms. The van der Waals surface area contributed by atoms with Crippen molar-refractivity contribution in [3.05, 3.63) is 35.9 Å². The summed E-state index contributed by atoms with van der Waals surface area (Å²) in [6, 6.07) is 10.4. The fraction of sp³-hybridized carbons (Fsp3) is 0.579. The van der Waals surface area contributed by atoms with Gasteiger partial charge in [0.2, 0.25) is 11.8 Å². The molecule has 0 aliphatic carbocycles. The van der Waals surface area contributed by atoms with Gasteiger partial charge in [-0.25, -0.2) is 0 Å². The summed E-state index contributed by atoms with van der Waals surface area (Å²) in [4.78, 5) is 26.3. The Bertz CT molecular complexity index is 547. The number of methoxy groups -OCH3 is 1. The number of nitrogens with one attached hydrogen (secondary N) is 1. The summed E-state index contributed by atoms with van der Waals surface area (Å²) in [6.45, 7) is 4.95. The molecule has 1 aromatic carbocycles. The van der Waals surface area contributed by atoms with Crippen LogP contribution < -0.4 is 5.32 Å². The van der Waals surface area contributed by atoms with E-state index in [1.165, 1.54) is 5.56 Å². The quantitative estimate of drug-likeness (QED) is 0.792. The number of nitrogens with zero attached hydrogens (tertiary/aromatic N) is 1. The molecule has 0 bridgehead atoms. The number of aryl methyl sites for hydroxylation is 1. The van der Waals surface area contributed by atoms with Gasteiger partial charge in [0.25, 0.3) is 0 Å². The molecular weight excluding hydrogens is 304 g/mol. The topological polar surface area (TPSA) is 58.6 Å². The highest BCUT2D eigenvalue weighted by molar-refractivity contribution is 5.89. The van der Waals surface area contributed by atoms with Gasteiger partial charge in [-0.2, -0.15) is 0 Å². The maximum atomic E-state index is 12.4. The number of amides is 2. The molecule has 24 heavy (non-hydrogen) atoms. The molecule has 1 aliphatic rings. The first-order chi connectivity index (χ1) is 11.5. The van der Waals surface area contributed by atoms with Gasteiger partial charge >= 0.3 is 0 Å². The zero-order valence-corrected chi connectivity index (χ0v) is 14.8. The Morgan fingerprint density at radius 3 is 2.71 bits per heavy atom. The van der Waals surface area contributed by atoms with Crippen LogP contribution in [0.5, 0.6) is 0 Å². The van der Waals surface area contributed by atoms with Gasteiger partial charge in [-0.05, 0) is 32.3 Å². The van der Waals surface area contributed by atoms with Crippen LogP contribution in [0.3, 0.4) is 0 Å². The number of rotatable bonds is 8. The van der Waals surface area contributed by atoms with Crippen LogP contribution in [0, 0.1) is 5.92 Å². The van der Waals surface area contributed by atoms with Gasteiger partial charge in [-0.3, -0.25) is 9.59 Å². The molecule has 3 atom stereocenters. The minimum Gasteiger partial charge on any atom is -0.383 e. The second kappa shape index (κ2) is 8.83. The van der Waals surface area contributed by atoms with Crippen molar-refractivity contribution < 1.29 is 14.3 Å². The predicted octanol–water partition coefficient (Wildman–Crippen LogP) is 2.01. The van der Waals surface area contributed by atoms with Crippen LogP contribution in [0.1, 0.15) is 32.3 Å². The first-order valence-corrected chi connectivity index (χ1v) is 8.64. The Morgan fingerprint density at radius 2 is 2.04 bits per heavy atom. The largest absolute Gasteiger partial charge is 0.383 e. The average molecular weight is 332 g/mol. The molecule has 0 saturated carbocycles. The van der Waals surface area contributed by atoms with Crippen LogP contribution >= 0.6 is 0 Å². The van der Waals surface area contributed by atoms with Gasteiger partial charge in [0, 0.05) is 26.1 Å². The van der Waals surface area contributed by atoms with Crippen LogP contribution in [-0.4, -0.2) is 49.1 Å².